The van der Waals surface area contributed by atoms with Crippen LogP contribution in [0.25, 0.3) is 6.08 Å². The van der Waals surface area contributed by atoms with E-state index < -0.39 is 33.5 Å². The fourth-order valence-electron chi connectivity index (χ4n) is 2.72. The lowest BCUT2D eigenvalue weighted by molar-refractivity contribution is -0.137. The second-order valence-corrected chi connectivity index (χ2v) is 8.38. The molecule has 2 rings (SSSR count). The molecule has 1 unspecified atom stereocenters. The van der Waals surface area contributed by atoms with Crippen LogP contribution in [0.15, 0.2) is 24.3 Å². The number of halogens is 4. The molecule has 0 N–H and O–H groups in total. The van der Waals surface area contributed by atoms with E-state index in [2.05, 4.69) is 0 Å². The van der Waals surface area contributed by atoms with Crippen LogP contribution in [0.2, 0.25) is 5.02 Å². The maximum atomic E-state index is 12.8. The minimum atomic E-state index is -4.51. The zero-order valence-electron chi connectivity index (χ0n) is 13.4. The summed E-state index contributed by atoms with van der Waals surface area (Å²) in [5, 5.41) is 0.0866. The third-order valence-corrected chi connectivity index (χ3v) is 6.10. The number of amides is 1. The predicted molar refractivity (Wildman–Crippen MR) is 89.9 cm³/mol. The van der Waals surface area contributed by atoms with Gasteiger partial charge in [-0.2, -0.15) is 13.2 Å². The van der Waals surface area contributed by atoms with Crippen molar-refractivity contribution in [2.24, 2.45) is 0 Å². The van der Waals surface area contributed by atoms with Gasteiger partial charge in [0.1, 0.15) is 0 Å². The molecule has 1 aliphatic heterocycles. The minimum Gasteiger partial charge on any atom is -0.335 e. The number of sulfone groups is 1. The van der Waals surface area contributed by atoms with Crippen LogP contribution in [-0.4, -0.2) is 43.3 Å². The summed E-state index contributed by atoms with van der Waals surface area (Å²) in [5.41, 5.74) is -0.793. The third-order valence-electron chi connectivity index (χ3n) is 4.00. The van der Waals surface area contributed by atoms with E-state index in [1.54, 1.807) is 6.92 Å². The molecule has 0 bridgehead atoms. The van der Waals surface area contributed by atoms with Gasteiger partial charge < -0.3 is 4.90 Å². The first-order valence-electron chi connectivity index (χ1n) is 7.59. The highest BCUT2D eigenvalue weighted by Crippen LogP contribution is 2.32. The number of hydrogen-bond donors (Lipinski definition) is 0. The predicted octanol–water partition coefficient (Wildman–Crippen LogP) is 3.41. The van der Waals surface area contributed by atoms with E-state index in [0.717, 1.165) is 24.3 Å². The Bertz CT molecular complexity index is 790. The van der Waals surface area contributed by atoms with Crippen molar-refractivity contribution in [3.8, 4) is 0 Å². The number of likely N-dealkylation sites (N-methyl/N-ethyl adjacent to an activating group) is 1. The standard InChI is InChI=1S/C16H17ClF3NO3S/c1-2-21(13-7-8-25(23,24)10-13)15(22)6-3-11-9-12(16(18,19)20)4-5-14(11)17/h3-6,9,13H,2,7-8,10H2,1H3. The van der Waals surface area contributed by atoms with Crippen LogP contribution in [0.5, 0.6) is 0 Å². The summed E-state index contributed by atoms with van der Waals surface area (Å²) in [6.07, 6.45) is -1.81. The average Bonchev–Trinajstić information content (AvgIpc) is 2.86. The van der Waals surface area contributed by atoms with Crippen LogP contribution in [0.4, 0.5) is 13.2 Å². The van der Waals surface area contributed by atoms with Crippen molar-refractivity contribution in [1.82, 2.24) is 4.90 Å². The normalized spacial score (nSPS) is 20.1. The largest absolute Gasteiger partial charge is 0.416 e. The third kappa shape index (κ3) is 4.98. The van der Waals surface area contributed by atoms with Gasteiger partial charge in [-0.3, -0.25) is 4.79 Å². The zero-order valence-corrected chi connectivity index (χ0v) is 15.0. The number of benzene rings is 1. The molecule has 1 aromatic carbocycles. The van der Waals surface area contributed by atoms with Crippen molar-refractivity contribution in [1.29, 1.82) is 0 Å². The average molecular weight is 396 g/mol. The zero-order chi connectivity index (χ0) is 18.8. The fourth-order valence-corrected chi connectivity index (χ4v) is 4.63. The van der Waals surface area contributed by atoms with E-state index in [9.17, 15) is 26.4 Å². The highest BCUT2D eigenvalue weighted by atomic mass is 35.5. The lowest BCUT2D eigenvalue weighted by Gasteiger charge is -2.25. The van der Waals surface area contributed by atoms with Gasteiger partial charge in [0.15, 0.2) is 9.84 Å². The molecule has 0 aromatic heterocycles. The minimum absolute atomic E-state index is 0.0324. The van der Waals surface area contributed by atoms with Crippen LogP contribution >= 0.6 is 11.6 Å². The molecule has 0 saturated carbocycles. The van der Waals surface area contributed by atoms with Gasteiger partial charge >= 0.3 is 6.18 Å². The fraction of sp³-hybridized carbons (Fsp3) is 0.438. The summed E-state index contributed by atoms with van der Waals surface area (Å²) >= 11 is 5.88. The maximum Gasteiger partial charge on any atom is 0.416 e. The topological polar surface area (TPSA) is 54.5 Å². The number of carbonyl (C=O) groups is 1. The van der Waals surface area contributed by atoms with Crippen molar-refractivity contribution >= 4 is 33.4 Å². The van der Waals surface area contributed by atoms with Gasteiger partial charge in [-0.1, -0.05) is 11.6 Å². The Balaban J connectivity index is 2.19. The first-order chi connectivity index (χ1) is 11.5. The first-order valence-corrected chi connectivity index (χ1v) is 9.79. The summed E-state index contributed by atoms with van der Waals surface area (Å²) in [4.78, 5) is 13.7. The van der Waals surface area contributed by atoms with E-state index in [1.165, 1.54) is 11.0 Å². The van der Waals surface area contributed by atoms with Gasteiger partial charge in [-0.05, 0) is 43.2 Å². The highest BCUT2D eigenvalue weighted by Gasteiger charge is 2.33. The van der Waals surface area contributed by atoms with Gasteiger partial charge in [0.2, 0.25) is 5.91 Å². The van der Waals surface area contributed by atoms with Crippen molar-refractivity contribution in [3.63, 3.8) is 0 Å². The Morgan fingerprint density at radius 3 is 2.60 bits per heavy atom. The Morgan fingerprint density at radius 1 is 1.40 bits per heavy atom. The smallest absolute Gasteiger partial charge is 0.335 e. The SMILES string of the molecule is CCN(C(=O)C=Cc1cc(C(F)(F)F)ccc1Cl)C1CCS(=O)(=O)C1. The van der Waals surface area contributed by atoms with Crippen LogP contribution in [0.3, 0.4) is 0 Å². The number of rotatable bonds is 4. The Morgan fingerprint density at radius 2 is 2.08 bits per heavy atom. The molecular weight excluding hydrogens is 379 g/mol. The van der Waals surface area contributed by atoms with E-state index >= 15 is 0 Å². The van der Waals surface area contributed by atoms with Crippen molar-refractivity contribution in [2.75, 3.05) is 18.1 Å². The second-order valence-electron chi connectivity index (χ2n) is 5.75. The molecule has 0 radical (unpaired) electrons. The van der Waals surface area contributed by atoms with E-state index in [-0.39, 0.29) is 22.1 Å². The maximum absolute atomic E-state index is 12.8. The van der Waals surface area contributed by atoms with E-state index in [0.29, 0.717) is 13.0 Å². The molecular formula is C16H17ClF3NO3S. The Kier molecular flexibility index (Phi) is 5.83. The summed E-state index contributed by atoms with van der Waals surface area (Å²) in [7, 11) is -3.14. The molecule has 9 heteroatoms. The molecule has 1 atom stereocenters. The van der Waals surface area contributed by atoms with Gasteiger partial charge in [0, 0.05) is 23.7 Å². The molecule has 0 aliphatic carbocycles. The highest BCUT2D eigenvalue weighted by molar-refractivity contribution is 7.91. The lowest BCUT2D eigenvalue weighted by Crippen LogP contribution is -2.40. The van der Waals surface area contributed by atoms with Gasteiger partial charge in [-0.25, -0.2) is 8.42 Å². The molecule has 1 heterocycles. The van der Waals surface area contributed by atoms with Crippen molar-refractivity contribution in [3.05, 3.63) is 40.4 Å². The summed E-state index contributed by atoms with van der Waals surface area (Å²) < 4.78 is 61.4. The lowest BCUT2D eigenvalue weighted by atomic mass is 10.1. The van der Waals surface area contributed by atoms with Crippen LogP contribution < -0.4 is 0 Å². The Hall–Kier alpha value is -1.54. The van der Waals surface area contributed by atoms with Crippen molar-refractivity contribution in [2.45, 2.75) is 25.6 Å². The molecule has 138 valence electrons. The van der Waals surface area contributed by atoms with Crippen molar-refractivity contribution < 1.29 is 26.4 Å². The summed E-state index contributed by atoms with van der Waals surface area (Å²) in [6, 6.07) is 2.44. The van der Waals surface area contributed by atoms with Crippen LogP contribution in [-0.2, 0) is 20.8 Å². The monoisotopic (exact) mass is 395 g/mol. The molecule has 1 aliphatic rings. The Labute approximate surface area is 149 Å². The van der Waals surface area contributed by atoms with E-state index in [4.69, 9.17) is 11.6 Å². The quantitative estimate of drug-likeness (QED) is 0.734. The summed E-state index contributed by atoms with van der Waals surface area (Å²) in [6.45, 7) is 2.02. The van der Waals surface area contributed by atoms with Crippen LogP contribution in [0.1, 0.15) is 24.5 Å². The van der Waals surface area contributed by atoms with Gasteiger partial charge in [-0.15, -0.1) is 0 Å². The molecule has 1 amide bonds. The molecule has 1 aromatic rings. The number of hydrogen-bond acceptors (Lipinski definition) is 3. The first kappa shape index (κ1) is 19.8. The number of nitrogens with zero attached hydrogens (tertiary/aromatic N) is 1. The van der Waals surface area contributed by atoms with Gasteiger partial charge in [0.25, 0.3) is 0 Å². The molecule has 1 saturated heterocycles. The summed E-state index contributed by atoms with van der Waals surface area (Å²) in [5.74, 6) is -0.520. The molecule has 25 heavy (non-hydrogen) atoms. The number of alkyl halides is 3. The van der Waals surface area contributed by atoms with Gasteiger partial charge in [0.05, 0.1) is 17.1 Å². The number of carbonyl (C=O) groups excluding carboxylic acids is 1. The molecule has 0 spiro atoms. The molecule has 4 nitrogen and oxygen atoms in total. The van der Waals surface area contributed by atoms with Crippen LogP contribution in [0, 0.1) is 0 Å². The van der Waals surface area contributed by atoms with E-state index in [1.807, 2.05) is 0 Å². The second kappa shape index (κ2) is 7.37. The molecule has 1 fully saturated rings.